The van der Waals surface area contributed by atoms with E-state index in [0.717, 1.165) is 24.5 Å². The zero-order chi connectivity index (χ0) is 15.4. The number of H-pyrrole nitrogens is 1. The maximum atomic E-state index is 12.3. The lowest BCUT2D eigenvalue weighted by atomic mass is 10.1. The minimum atomic E-state index is -0.208. The second-order valence-electron chi connectivity index (χ2n) is 5.31. The Morgan fingerprint density at radius 3 is 2.41 bits per heavy atom. The molecule has 1 aliphatic rings. The molecule has 1 aliphatic heterocycles. The highest BCUT2D eigenvalue weighted by Crippen LogP contribution is 2.12. The van der Waals surface area contributed by atoms with Crippen LogP contribution in [0.25, 0.3) is 0 Å². The van der Waals surface area contributed by atoms with Crippen LogP contribution in [0.4, 0.5) is 5.82 Å². The van der Waals surface area contributed by atoms with Crippen LogP contribution in [-0.2, 0) is 11.2 Å². The first-order valence-corrected chi connectivity index (χ1v) is 7.35. The Kier molecular flexibility index (Phi) is 4.18. The third-order valence-corrected chi connectivity index (χ3v) is 3.82. The average molecular weight is 298 g/mol. The van der Waals surface area contributed by atoms with E-state index in [9.17, 15) is 9.59 Å². The quantitative estimate of drug-likeness (QED) is 0.904. The van der Waals surface area contributed by atoms with Gasteiger partial charge >= 0.3 is 0 Å². The minimum Gasteiger partial charge on any atom is -0.352 e. The van der Waals surface area contributed by atoms with Gasteiger partial charge in [-0.25, -0.2) is 5.10 Å². The molecule has 1 aromatic heterocycles. The maximum absolute atomic E-state index is 12.3. The summed E-state index contributed by atoms with van der Waals surface area (Å²) in [5.41, 5.74) is 0.831. The molecule has 0 unspecified atom stereocenters. The summed E-state index contributed by atoms with van der Waals surface area (Å²) in [4.78, 5) is 27.3. The lowest BCUT2D eigenvalue weighted by Crippen LogP contribution is -2.49. The van der Waals surface area contributed by atoms with E-state index < -0.39 is 0 Å². The molecule has 0 bridgehead atoms. The summed E-state index contributed by atoms with van der Waals surface area (Å²) >= 11 is 0. The molecule has 2 heterocycles. The lowest BCUT2D eigenvalue weighted by molar-refractivity contribution is -0.130. The van der Waals surface area contributed by atoms with Crippen molar-refractivity contribution in [2.24, 2.45) is 0 Å². The fourth-order valence-corrected chi connectivity index (χ4v) is 2.58. The molecule has 1 aromatic carbocycles. The van der Waals surface area contributed by atoms with E-state index in [-0.39, 0.29) is 11.5 Å². The van der Waals surface area contributed by atoms with Gasteiger partial charge in [-0.05, 0) is 11.6 Å². The summed E-state index contributed by atoms with van der Waals surface area (Å²) in [5.74, 6) is 0.898. The van der Waals surface area contributed by atoms with Crippen molar-refractivity contribution in [3.05, 3.63) is 58.4 Å². The normalized spacial score (nSPS) is 14.9. The van der Waals surface area contributed by atoms with Crippen LogP contribution >= 0.6 is 0 Å². The number of amides is 1. The van der Waals surface area contributed by atoms with Crippen LogP contribution in [0.5, 0.6) is 0 Å². The van der Waals surface area contributed by atoms with Crippen molar-refractivity contribution < 1.29 is 4.79 Å². The Balaban J connectivity index is 1.56. The molecule has 1 N–H and O–H groups in total. The first kappa shape index (κ1) is 14.3. The van der Waals surface area contributed by atoms with E-state index >= 15 is 0 Å². The van der Waals surface area contributed by atoms with Gasteiger partial charge < -0.3 is 9.80 Å². The van der Waals surface area contributed by atoms with Gasteiger partial charge in [0.15, 0.2) is 0 Å². The number of nitrogens with one attached hydrogen (secondary N) is 1. The van der Waals surface area contributed by atoms with E-state index in [1.807, 2.05) is 35.2 Å². The zero-order valence-corrected chi connectivity index (χ0v) is 12.2. The number of hydrogen-bond acceptors (Lipinski definition) is 4. The molecule has 6 nitrogen and oxygen atoms in total. The molecule has 0 radical (unpaired) electrons. The molecular weight excluding hydrogens is 280 g/mol. The Morgan fingerprint density at radius 1 is 1.05 bits per heavy atom. The Morgan fingerprint density at radius 2 is 1.77 bits per heavy atom. The van der Waals surface area contributed by atoms with Crippen LogP contribution in [-0.4, -0.2) is 47.2 Å². The molecule has 3 rings (SSSR count). The van der Waals surface area contributed by atoms with E-state index in [1.54, 1.807) is 6.07 Å². The number of rotatable bonds is 3. The van der Waals surface area contributed by atoms with E-state index in [2.05, 4.69) is 15.1 Å². The third-order valence-electron chi connectivity index (χ3n) is 3.82. The maximum Gasteiger partial charge on any atom is 0.264 e. The van der Waals surface area contributed by atoms with Gasteiger partial charge in [-0.2, -0.15) is 5.10 Å². The number of hydrogen-bond donors (Lipinski definition) is 1. The molecule has 1 amide bonds. The molecule has 1 fully saturated rings. The fourth-order valence-electron chi connectivity index (χ4n) is 2.58. The molecule has 0 atom stereocenters. The minimum absolute atomic E-state index is 0.153. The Hall–Kier alpha value is -2.63. The standard InChI is InChI=1S/C16H18N4O2/c21-15-7-6-14(17-18-15)19-8-10-20(11-9-19)16(22)12-13-4-2-1-3-5-13/h1-7H,8-12H2,(H,18,21). The van der Waals surface area contributed by atoms with E-state index in [1.165, 1.54) is 6.07 Å². The number of aromatic nitrogens is 2. The smallest absolute Gasteiger partial charge is 0.264 e. The summed E-state index contributed by atoms with van der Waals surface area (Å²) in [6.07, 6.45) is 0.442. The molecular formula is C16H18N4O2. The highest BCUT2D eigenvalue weighted by Gasteiger charge is 2.21. The van der Waals surface area contributed by atoms with Crippen molar-refractivity contribution in [2.45, 2.75) is 6.42 Å². The zero-order valence-electron chi connectivity index (χ0n) is 12.2. The van der Waals surface area contributed by atoms with Gasteiger partial charge in [0.05, 0.1) is 6.42 Å². The van der Waals surface area contributed by atoms with Gasteiger partial charge in [-0.1, -0.05) is 30.3 Å². The van der Waals surface area contributed by atoms with Gasteiger partial charge in [-0.15, -0.1) is 0 Å². The molecule has 2 aromatic rings. The Labute approximate surface area is 128 Å². The summed E-state index contributed by atoms with van der Waals surface area (Å²) in [5, 5.41) is 6.46. The largest absolute Gasteiger partial charge is 0.352 e. The van der Waals surface area contributed by atoms with Gasteiger partial charge in [0.2, 0.25) is 5.91 Å². The van der Waals surface area contributed by atoms with Gasteiger partial charge in [0.25, 0.3) is 5.56 Å². The summed E-state index contributed by atoms with van der Waals surface area (Å²) < 4.78 is 0. The highest BCUT2D eigenvalue weighted by atomic mass is 16.2. The van der Waals surface area contributed by atoms with Crippen LogP contribution in [0.15, 0.2) is 47.3 Å². The van der Waals surface area contributed by atoms with E-state index in [4.69, 9.17) is 0 Å². The van der Waals surface area contributed by atoms with Crippen LogP contribution in [0.1, 0.15) is 5.56 Å². The fraction of sp³-hybridized carbons (Fsp3) is 0.312. The van der Waals surface area contributed by atoms with Gasteiger partial charge in [-0.3, -0.25) is 9.59 Å². The molecule has 1 saturated heterocycles. The number of piperazine rings is 1. The predicted octanol–water partition coefficient (Wildman–Crippen LogP) is 0.661. The summed E-state index contributed by atoms with van der Waals surface area (Å²) in [7, 11) is 0. The average Bonchev–Trinajstić information content (AvgIpc) is 2.57. The highest BCUT2D eigenvalue weighted by molar-refractivity contribution is 5.79. The van der Waals surface area contributed by atoms with Crippen molar-refractivity contribution in [1.82, 2.24) is 15.1 Å². The molecule has 0 saturated carbocycles. The number of carbonyl (C=O) groups excluding carboxylic acids is 1. The van der Waals surface area contributed by atoms with E-state index in [0.29, 0.717) is 19.5 Å². The first-order valence-electron chi connectivity index (χ1n) is 7.35. The van der Waals surface area contributed by atoms with Crippen molar-refractivity contribution in [3.63, 3.8) is 0 Å². The van der Waals surface area contributed by atoms with Crippen LogP contribution in [0.2, 0.25) is 0 Å². The second-order valence-corrected chi connectivity index (χ2v) is 5.31. The summed E-state index contributed by atoms with van der Waals surface area (Å²) in [6, 6.07) is 13.0. The topological polar surface area (TPSA) is 69.3 Å². The van der Waals surface area contributed by atoms with Crippen molar-refractivity contribution >= 4 is 11.7 Å². The number of anilines is 1. The molecule has 0 aliphatic carbocycles. The van der Waals surface area contributed by atoms with Crippen molar-refractivity contribution in [3.8, 4) is 0 Å². The lowest BCUT2D eigenvalue weighted by Gasteiger charge is -2.35. The van der Waals surface area contributed by atoms with Gasteiger partial charge in [0, 0.05) is 32.2 Å². The van der Waals surface area contributed by atoms with Gasteiger partial charge in [0.1, 0.15) is 5.82 Å². The van der Waals surface area contributed by atoms with Crippen LogP contribution in [0.3, 0.4) is 0 Å². The monoisotopic (exact) mass is 298 g/mol. The van der Waals surface area contributed by atoms with Crippen molar-refractivity contribution in [2.75, 3.05) is 31.1 Å². The predicted molar refractivity (Wildman–Crippen MR) is 83.8 cm³/mol. The van der Waals surface area contributed by atoms with Crippen LogP contribution in [0, 0.1) is 0 Å². The second kappa shape index (κ2) is 6.43. The first-order chi connectivity index (χ1) is 10.7. The number of nitrogens with zero attached hydrogens (tertiary/aromatic N) is 3. The molecule has 0 spiro atoms. The molecule has 114 valence electrons. The van der Waals surface area contributed by atoms with Crippen LogP contribution < -0.4 is 10.5 Å². The Bertz CT molecular complexity index is 670. The third kappa shape index (κ3) is 3.33. The molecule has 22 heavy (non-hydrogen) atoms. The number of carbonyl (C=O) groups is 1. The number of benzene rings is 1. The molecule has 6 heteroatoms. The number of aromatic amines is 1. The summed E-state index contributed by atoms with van der Waals surface area (Å²) in [6.45, 7) is 2.79. The SMILES string of the molecule is O=C(Cc1ccccc1)N1CCN(c2ccc(=O)[nH]n2)CC1. The van der Waals surface area contributed by atoms with Crippen molar-refractivity contribution in [1.29, 1.82) is 0 Å².